The first-order valence-corrected chi connectivity index (χ1v) is 6.47. The Morgan fingerprint density at radius 1 is 1.14 bits per heavy atom. The summed E-state index contributed by atoms with van der Waals surface area (Å²) in [6.07, 6.45) is 0.662. The number of hydrogen-bond acceptors (Lipinski definition) is 2. The maximum Gasteiger partial charge on any atom is 0.307 e. The van der Waals surface area contributed by atoms with Gasteiger partial charge in [0.2, 0.25) is 5.91 Å². The van der Waals surface area contributed by atoms with Crippen LogP contribution >= 0.6 is 0 Å². The summed E-state index contributed by atoms with van der Waals surface area (Å²) in [7, 11) is 0. The number of hydrogen-bond donors (Lipinski definition) is 2. The first kappa shape index (κ1) is 15.3. The van der Waals surface area contributed by atoms with Crippen molar-refractivity contribution in [1.82, 2.24) is 0 Å². The van der Waals surface area contributed by atoms with Crippen LogP contribution in [0.3, 0.4) is 0 Å². The van der Waals surface area contributed by atoms with Gasteiger partial charge < -0.3 is 10.4 Å². The summed E-state index contributed by atoms with van der Waals surface area (Å²) < 4.78 is 39.8. The number of anilines is 1. The maximum absolute atomic E-state index is 13.5. The van der Waals surface area contributed by atoms with Gasteiger partial charge in [0.25, 0.3) is 0 Å². The third-order valence-electron chi connectivity index (χ3n) is 3.71. The summed E-state index contributed by atoms with van der Waals surface area (Å²) in [6.45, 7) is 1.81. The van der Waals surface area contributed by atoms with E-state index < -0.39 is 46.9 Å². The van der Waals surface area contributed by atoms with E-state index in [0.717, 1.165) is 0 Å². The lowest BCUT2D eigenvalue weighted by molar-refractivity contribution is -0.145. The third-order valence-corrected chi connectivity index (χ3v) is 3.71. The predicted octanol–water partition coefficient (Wildman–Crippen LogP) is 2.79. The zero-order valence-corrected chi connectivity index (χ0v) is 11.2. The monoisotopic (exact) mass is 301 g/mol. The zero-order valence-electron chi connectivity index (χ0n) is 11.2. The highest BCUT2D eigenvalue weighted by Crippen LogP contribution is 2.37. The molecule has 1 unspecified atom stereocenters. The highest BCUT2D eigenvalue weighted by atomic mass is 19.1. The molecule has 1 fully saturated rings. The van der Waals surface area contributed by atoms with E-state index >= 15 is 0 Å². The highest BCUT2D eigenvalue weighted by Gasteiger charge is 2.41. The molecule has 0 aromatic heterocycles. The Labute approximate surface area is 119 Å². The minimum absolute atomic E-state index is 0.0322. The molecule has 114 valence electrons. The van der Waals surface area contributed by atoms with Crippen molar-refractivity contribution in [3.05, 3.63) is 29.6 Å². The van der Waals surface area contributed by atoms with Crippen LogP contribution in [-0.4, -0.2) is 17.0 Å². The molecule has 0 saturated heterocycles. The van der Waals surface area contributed by atoms with Crippen molar-refractivity contribution in [2.75, 3.05) is 5.32 Å². The number of carbonyl (C=O) groups excluding carboxylic acids is 1. The number of benzene rings is 1. The van der Waals surface area contributed by atoms with E-state index in [-0.39, 0.29) is 5.92 Å². The Morgan fingerprint density at radius 3 is 2.19 bits per heavy atom. The molecule has 1 amide bonds. The van der Waals surface area contributed by atoms with E-state index in [1.54, 1.807) is 0 Å². The molecular weight excluding hydrogens is 287 g/mol. The highest BCUT2D eigenvalue weighted by molar-refractivity contribution is 5.95. The fourth-order valence-electron chi connectivity index (χ4n) is 2.73. The summed E-state index contributed by atoms with van der Waals surface area (Å²) in [5, 5.41) is 11.1. The molecule has 0 aliphatic heterocycles. The van der Waals surface area contributed by atoms with Crippen LogP contribution in [0.15, 0.2) is 12.1 Å². The van der Waals surface area contributed by atoms with Crippen molar-refractivity contribution in [1.29, 1.82) is 0 Å². The summed E-state index contributed by atoms with van der Waals surface area (Å²) in [4.78, 5) is 23.2. The summed E-state index contributed by atoms with van der Waals surface area (Å²) in [6, 6.07) is 0.898. The van der Waals surface area contributed by atoms with Crippen molar-refractivity contribution in [2.45, 2.75) is 19.8 Å². The quantitative estimate of drug-likeness (QED) is 0.902. The van der Waals surface area contributed by atoms with E-state index in [0.29, 0.717) is 25.0 Å². The van der Waals surface area contributed by atoms with Gasteiger partial charge in [0.1, 0.15) is 11.5 Å². The second-order valence-corrected chi connectivity index (χ2v) is 5.36. The molecule has 7 heteroatoms. The Balaban J connectivity index is 2.20. The average Bonchev–Trinajstić information content (AvgIpc) is 2.76. The molecule has 0 spiro atoms. The summed E-state index contributed by atoms with van der Waals surface area (Å²) in [5.74, 6) is -7.16. The molecule has 21 heavy (non-hydrogen) atoms. The molecule has 1 saturated carbocycles. The van der Waals surface area contributed by atoms with E-state index in [4.69, 9.17) is 5.11 Å². The van der Waals surface area contributed by atoms with Crippen LogP contribution < -0.4 is 5.32 Å². The van der Waals surface area contributed by atoms with Crippen molar-refractivity contribution >= 4 is 17.6 Å². The molecule has 1 aromatic rings. The van der Waals surface area contributed by atoms with Gasteiger partial charge in [0, 0.05) is 12.1 Å². The third kappa shape index (κ3) is 3.17. The van der Waals surface area contributed by atoms with Gasteiger partial charge in [-0.25, -0.2) is 13.2 Å². The van der Waals surface area contributed by atoms with Gasteiger partial charge in [0.15, 0.2) is 11.6 Å². The van der Waals surface area contributed by atoms with Gasteiger partial charge in [0.05, 0.1) is 11.8 Å². The normalized spacial score (nSPS) is 24.9. The van der Waals surface area contributed by atoms with Crippen LogP contribution in [0.4, 0.5) is 18.9 Å². The van der Waals surface area contributed by atoms with Crippen molar-refractivity contribution in [2.24, 2.45) is 17.8 Å². The minimum Gasteiger partial charge on any atom is -0.481 e. The van der Waals surface area contributed by atoms with Crippen LogP contribution in [0.1, 0.15) is 19.8 Å². The molecule has 1 aliphatic carbocycles. The first-order chi connectivity index (χ1) is 9.79. The number of nitrogens with one attached hydrogen (secondary N) is 1. The topological polar surface area (TPSA) is 66.4 Å². The van der Waals surface area contributed by atoms with Gasteiger partial charge >= 0.3 is 5.97 Å². The molecule has 1 aliphatic rings. The molecule has 0 bridgehead atoms. The van der Waals surface area contributed by atoms with Crippen molar-refractivity contribution in [3.8, 4) is 0 Å². The number of amides is 1. The number of rotatable bonds is 3. The number of carboxylic acids is 1. The molecule has 0 radical (unpaired) electrons. The fraction of sp³-hybridized carbons (Fsp3) is 0.429. The van der Waals surface area contributed by atoms with Gasteiger partial charge in [-0.05, 0) is 18.8 Å². The van der Waals surface area contributed by atoms with Gasteiger partial charge in [-0.3, -0.25) is 9.59 Å². The van der Waals surface area contributed by atoms with E-state index in [1.807, 2.05) is 12.2 Å². The Morgan fingerprint density at radius 2 is 1.67 bits per heavy atom. The van der Waals surface area contributed by atoms with E-state index in [9.17, 15) is 22.8 Å². The maximum atomic E-state index is 13.5. The van der Waals surface area contributed by atoms with E-state index in [1.165, 1.54) is 0 Å². The average molecular weight is 301 g/mol. The van der Waals surface area contributed by atoms with Crippen LogP contribution in [0.2, 0.25) is 0 Å². The predicted molar refractivity (Wildman–Crippen MR) is 68.0 cm³/mol. The SMILES string of the molecule is CC1C[C@H](C(=O)Nc2c(F)cc(F)cc2F)[C@H](C(=O)O)C1. The van der Waals surface area contributed by atoms with Crippen molar-refractivity contribution < 1.29 is 27.9 Å². The number of aliphatic carboxylic acids is 1. The largest absolute Gasteiger partial charge is 0.481 e. The second kappa shape index (κ2) is 5.75. The summed E-state index contributed by atoms with van der Waals surface area (Å²) in [5.41, 5.74) is -0.759. The number of carbonyl (C=O) groups is 2. The zero-order chi connectivity index (χ0) is 15.7. The number of carboxylic acid groups (broad SMARTS) is 1. The van der Waals surface area contributed by atoms with E-state index in [2.05, 4.69) is 0 Å². The first-order valence-electron chi connectivity index (χ1n) is 6.47. The van der Waals surface area contributed by atoms with Gasteiger partial charge in [-0.15, -0.1) is 0 Å². The Kier molecular flexibility index (Phi) is 4.20. The Bertz CT molecular complexity index is 568. The molecule has 4 nitrogen and oxygen atoms in total. The van der Waals surface area contributed by atoms with Gasteiger partial charge in [-0.2, -0.15) is 0 Å². The molecule has 0 heterocycles. The number of halogens is 3. The van der Waals surface area contributed by atoms with Gasteiger partial charge in [-0.1, -0.05) is 6.92 Å². The van der Waals surface area contributed by atoms with Crippen LogP contribution in [0.25, 0.3) is 0 Å². The Hall–Kier alpha value is -2.05. The molecule has 1 aromatic carbocycles. The molecular formula is C14H14F3NO3. The lowest BCUT2D eigenvalue weighted by atomic mass is 9.95. The van der Waals surface area contributed by atoms with Crippen LogP contribution in [0.5, 0.6) is 0 Å². The lowest BCUT2D eigenvalue weighted by Gasteiger charge is -2.16. The molecule has 3 atom stereocenters. The fourth-order valence-corrected chi connectivity index (χ4v) is 2.73. The molecule has 2 rings (SSSR count). The smallest absolute Gasteiger partial charge is 0.307 e. The minimum atomic E-state index is -1.24. The van der Waals surface area contributed by atoms with Crippen LogP contribution in [0, 0.1) is 35.2 Å². The van der Waals surface area contributed by atoms with Crippen molar-refractivity contribution in [3.63, 3.8) is 0 Å². The molecule has 2 N–H and O–H groups in total. The van der Waals surface area contributed by atoms with Crippen LogP contribution in [-0.2, 0) is 9.59 Å². The summed E-state index contributed by atoms with van der Waals surface area (Å²) >= 11 is 0. The second-order valence-electron chi connectivity index (χ2n) is 5.36. The standard InChI is InChI=1S/C14H14F3NO3/c1-6-2-8(9(3-6)14(20)21)13(19)18-12-10(16)4-7(15)5-11(12)17/h4-6,8-9H,2-3H2,1H3,(H,18,19)(H,20,21)/t6?,8-,9+/m0/s1. The lowest BCUT2D eigenvalue weighted by Crippen LogP contribution is -2.30.